The summed E-state index contributed by atoms with van der Waals surface area (Å²) < 4.78 is 42.2. The third-order valence-corrected chi connectivity index (χ3v) is 5.86. The van der Waals surface area contributed by atoms with Gasteiger partial charge in [-0.05, 0) is 23.8 Å². The van der Waals surface area contributed by atoms with Crippen molar-refractivity contribution >= 4 is 35.8 Å². The number of carbonyl (C=O) groups is 2. The number of alkyl halides is 4. The molecule has 0 saturated carbocycles. The minimum Gasteiger partial charge on any atom is -0.477 e. The van der Waals surface area contributed by atoms with Gasteiger partial charge in [0.25, 0.3) is 0 Å². The Bertz CT molecular complexity index is 805. The van der Waals surface area contributed by atoms with E-state index in [-0.39, 0.29) is 19.5 Å². The smallest absolute Gasteiger partial charge is 0.371 e. The Morgan fingerprint density at radius 1 is 0.562 bits per heavy atom. The van der Waals surface area contributed by atoms with Crippen LogP contribution in [-0.4, -0.2) is 35.0 Å². The second-order valence-corrected chi connectivity index (χ2v) is 7.84. The summed E-state index contributed by atoms with van der Waals surface area (Å²) in [7, 11) is -0.446. The predicted molar refractivity (Wildman–Crippen MR) is 112 cm³/mol. The van der Waals surface area contributed by atoms with Gasteiger partial charge in [0.05, 0.1) is 0 Å². The molecule has 0 aromatic heterocycles. The van der Waals surface area contributed by atoms with Gasteiger partial charge in [0.1, 0.15) is 0 Å². The van der Waals surface area contributed by atoms with Gasteiger partial charge in [0.15, 0.2) is 0 Å². The van der Waals surface area contributed by atoms with Crippen molar-refractivity contribution in [1.29, 1.82) is 0 Å². The van der Waals surface area contributed by atoms with Crippen molar-refractivity contribution in [1.82, 2.24) is 0 Å². The van der Waals surface area contributed by atoms with E-state index in [1.54, 1.807) is 0 Å². The van der Waals surface area contributed by atoms with Crippen molar-refractivity contribution in [2.75, 3.05) is 0 Å². The molecule has 0 heterocycles. The number of carboxylic acids is 2. The zero-order valence-electron chi connectivity index (χ0n) is 16.3. The molecule has 0 aliphatic heterocycles. The van der Waals surface area contributed by atoms with E-state index in [2.05, 4.69) is 91.0 Å². The summed E-state index contributed by atoms with van der Waals surface area (Å²) in [4.78, 5) is 17.9. The molecule has 0 fully saturated rings. The summed E-state index contributed by atoms with van der Waals surface area (Å²) in [5, 5.41) is 18.7. The van der Waals surface area contributed by atoms with E-state index in [0.29, 0.717) is 0 Å². The summed E-state index contributed by atoms with van der Waals surface area (Å²) in [5.74, 6) is -4.15. The zero-order chi connectivity index (χ0) is 23.2. The van der Waals surface area contributed by atoms with Crippen LogP contribution in [0, 0.1) is 0 Å². The summed E-state index contributed by atoms with van der Waals surface area (Å²) in [6, 6.07) is 32.3. The Balaban J connectivity index is 0.000000620. The molecule has 173 valence electrons. The van der Waals surface area contributed by atoms with E-state index in [0.717, 1.165) is 0 Å². The molecule has 0 amide bonds. The van der Waals surface area contributed by atoms with E-state index < -0.39 is 32.7 Å². The van der Waals surface area contributed by atoms with Gasteiger partial charge in [-0.3, -0.25) is 0 Å². The molecule has 0 spiro atoms. The fourth-order valence-electron chi connectivity index (χ4n) is 2.18. The number of hydrogen-bond donors (Lipinski definition) is 2. The van der Waals surface area contributed by atoms with Crippen molar-refractivity contribution in [3.8, 4) is 0 Å². The minimum atomic E-state index is -3.23. The minimum absolute atomic E-state index is 0. The second-order valence-electron chi connectivity index (χ2n) is 5.62. The van der Waals surface area contributed by atoms with Crippen molar-refractivity contribution in [3.05, 3.63) is 91.0 Å². The summed E-state index contributed by atoms with van der Waals surface area (Å²) in [6.45, 7) is 0. The van der Waals surface area contributed by atoms with Gasteiger partial charge in [-0.1, -0.05) is 91.0 Å². The maximum atomic E-state index is 10.6. The molecule has 32 heavy (non-hydrogen) atoms. The molecule has 4 nitrogen and oxygen atoms in total. The standard InChI is InChI=1S/C18H15P.2C2H2F2O2.Rh/c1-4-10-16(11-5-1)19(17-12-6-2-7-13-17)18-14-8-3-9-15-18;2*3-1(4)2(5)6;/h1-15H;2*1H,(H,5,6);. The maximum absolute atomic E-state index is 10.6. The van der Waals surface area contributed by atoms with E-state index in [9.17, 15) is 17.6 Å². The van der Waals surface area contributed by atoms with E-state index >= 15 is 0 Å². The van der Waals surface area contributed by atoms with Gasteiger partial charge in [-0.15, -0.1) is 0 Å². The number of halogens is 4. The normalized spacial score (nSPS) is 9.72. The van der Waals surface area contributed by atoms with E-state index in [1.807, 2.05) is 0 Å². The van der Waals surface area contributed by atoms with Crippen LogP contribution in [0.3, 0.4) is 0 Å². The number of benzene rings is 3. The summed E-state index contributed by atoms with van der Waals surface area (Å²) >= 11 is 0. The first-order chi connectivity index (χ1) is 14.7. The third-order valence-electron chi connectivity index (χ3n) is 3.42. The number of rotatable bonds is 5. The summed E-state index contributed by atoms with van der Waals surface area (Å²) in [5.41, 5.74) is 0. The van der Waals surface area contributed by atoms with Crippen LogP contribution in [0.15, 0.2) is 91.0 Å². The fraction of sp³-hybridized carbons (Fsp3) is 0.0909. The molecule has 3 aromatic rings. The average Bonchev–Trinajstić information content (AvgIpc) is 2.77. The monoisotopic (exact) mass is 557 g/mol. The van der Waals surface area contributed by atoms with Crippen LogP contribution in [-0.2, 0) is 29.1 Å². The van der Waals surface area contributed by atoms with Crippen molar-refractivity contribution in [3.63, 3.8) is 0 Å². The first-order valence-electron chi connectivity index (χ1n) is 8.71. The van der Waals surface area contributed by atoms with Crippen LogP contribution in [0.25, 0.3) is 0 Å². The van der Waals surface area contributed by atoms with Gasteiger partial charge in [-0.2, -0.15) is 17.6 Å². The second kappa shape index (κ2) is 16.1. The Morgan fingerprint density at radius 2 is 0.750 bits per heavy atom. The quantitative estimate of drug-likeness (QED) is 0.282. The van der Waals surface area contributed by atoms with Crippen molar-refractivity contribution in [2.24, 2.45) is 0 Å². The van der Waals surface area contributed by atoms with Crippen LogP contribution in [0.2, 0.25) is 0 Å². The topological polar surface area (TPSA) is 74.6 Å². The molecular weight excluding hydrogens is 538 g/mol. The van der Waals surface area contributed by atoms with Crippen molar-refractivity contribution < 1.29 is 56.8 Å². The Kier molecular flexibility index (Phi) is 14.8. The van der Waals surface area contributed by atoms with Crippen LogP contribution >= 0.6 is 7.92 Å². The molecule has 1 radical (unpaired) electrons. The van der Waals surface area contributed by atoms with Crippen LogP contribution in [0.4, 0.5) is 17.6 Å². The number of aliphatic carboxylic acids is 2. The SMILES string of the molecule is O=C(O)C(F)F.O=C(O)C(F)F.[Rh].c1ccc(P(c2ccccc2)c2ccccc2)cc1. The molecule has 3 aromatic carbocycles. The Morgan fingerprint density at radius 3 is 0.906 bits per heavy atom. The van der Waals surface area contributed by atoms with Gasteiger partial charge < -0.3 is 10.2 Å². The number of hydrogen-bond acceptors (Lipinski definition) is 2. The molecule has 3 rings (SSSR count). The third kappa shape index (κ3) is 11.1. The van der Waals surface area contributed by atoms with Gasteiger partial charge in [-0.25, -0.2) is 9.59 Å². The molecule has 0 atom stereocenters. The molecule has 0 aliphatic carbocycles. The molecule has 10 heteroatoms. The summed E-state index contributed by atoms with van der Waals surface area (Å²) in [6.07, 6.45) is -6.46. The van der Waals surface area contributed by atoms with Crippen LogP contribution < -0.4 is 15.9 Å². The van der Waals surface area contributed by atoms with Crippen LogP contribution in [0.5, 0.6) is 0 Å². The Labute approximate surface area is 196 Å². The molecular formula is C22H19F4O4PRh. The van der Waals surface area contributed by atoms with Crippen LogP contribution in [0.1, 0.15) is 0 Å². The molecule has 0 bridgehead atoms. The molecule has 0 unspecified atom stereocenters. The zero-order valence-corrected chi connectivity index (χ0v) is 18.9. The molecule has 0 saturated heterocycles. The first-order valence-corrected chi connectivity index (χ1v) is 10.1. The first kappa shape index (κ1) is 29.4. The number of carboxylic acid groups (broad SMARTS) is 2. The average molecular weight is 557 g/mol. The Hall–Kier alpha value is -2.63. The van der Waals surface area contributed by atoms with E-state index in [4.69, 9.17) is 19.8 Å². The predicted octanol–water partition coefficient (Wildman–Crippen LogP) is 4.11. The largest absolute Gasteiger partial charge is 0.477 e. The molecule has 2 N–H and O–H groups in total. The van der Waals surface area contributed by atoms with Crippen molar-refractivity contribution in [2.45, 2.75) is 12.9 Å². The van der Waals surface area contributed by atoms with E-state index in [1.165, 1.54) is 15.9 Å². The molecule has 0 aliphatic rings. The van der Waals surface area contributed by atoms with Gasteiger partial charge >= 0.3 is 24.8 Å². The van der Waals surface area contributed by atoms with Gasteiger partial charge in [0.2, 0.25) is 0 Å². The maximum Gasteiger partial charge on any atom is 0.371 e. The van der Waals surface area contributed by atoms with Gasteiger partial charge in [0, 0.05) is 19.5 Å². The fourth-order valence-corrected chi connectivity index (χ4v) is 4.48.